The molecule has 2 aromatic rings. The lowest BCUT2D eigenvalue weighted by Crippen LogP contribution is -2.23. The third-order valence-electron chi connectivity index (χ3n) is 2.65. The van der Waals surface area contributed by atoms with Crippen molar-refractivity contribution in [2.24, 2.45) is 0 Å². The smallest absolute Gasteiger partial charge is 0.137 e. The van der Waals surface area contributed by atoms with Crippen LogP contribution < -0.4 is 5.32 Å². The van der Waals surface area contributed by atoms with Crippen LogP contribution in [-0.2, 0) is 0 Å². The Balaban J connectivity index is 2.42. The van der Waals surface area contributed by atoms with Gasteiger partial charge in [0.25, 0.3) is 0 Å². The summed E-state index contributed by atoms with van der Waals surface area (Å²) in [6.45, 7) is 1.97. The van der Waals surface area contributed by atoms with E-state index in [0.717, 1.165) is 6.42 Å². The number of aromatic nitrogens is 2. The van der Waals surface area contributed by atoms with E-state index >= 15 is 0 Å². The molecule has 0 amide bonds. The van der Waals surface area contributed by atoms with Crippen molar-refractivity contribution in [3.63, 3.8) is 0 Å². The molecule has 0 radical (unpaired) electrons. The van der Waals surface area contributed by atoms with Gasteiger partial charge in [-0.1, -0.05) is 6.92 Å². The van der Waals surface area contributed by atoms with Crippen LogP contribution in [-0.4, -0.2) is 27.7 Å². The molecule has 0 saturated carbocycles. The van der Waals surface area contributed by atoms with Gasteiger partial charge in [0, 0.05) is 5.39 Å². The van der Waals surface area contributed by atoms with E-state index in [0.29, 0.717) is 16.7 Å². The van der Waals surface area contributed by atoms with Crippen molar-refractivity contribution in [3.8, 4) is 0 Å². The number of anilines is 1. The minimum Gasteiger partial charge on any atom is -0.394 e. The highest BCUT2D eigenvalue weighted by Crippen LogP contribution is 2.20. The minimum absolute atomic E-state index is 0.0112. The number of hydrogen-bond donors (Lipinski definition) is 2. The number of fused-ring (bicyclic) bond motifs is 1. The average molecular weight is 235 g/mol. The van der Waals surface area contributed by atoms with Gasteiger partial charge in [-0.25, -0.2) is 14.4 Å². The van der Waals surface area contributed by atoms with Crippen molar-refractivity contribution in [1.29, 1.82) is 0 Å². The van der Waals surface area contributed by atoms with Crippen molar-refractivity contribution in [2.45, 2.75) is 19.4 Å². The first-order valence-corrected chi connectivity index (χ1v) is 5.52. The fourth-order valence-electron chi connectivity index (χ4n) is 1.61. The molecule has 2 N–H and O–H groups in total. The maximum absolute atomic E-state index is 13.2. The standard InChI is InChI=1S/C12H14FN3O/c1-2-9(6-17)16-12-10-5-8(13)3-4-11(10)14-7-15-12/h3-5,7,9,17H,2,6H2,1H3,(H,14,15,16)/t9-/m0/s1. The Hall–Kier alpha value is -1.75. The van der Waals surface area contributed by atoms with E-state index in [2.05, 4.69) is 15.3 Å². The zero-order valence-corrected chi connectivity index (χ0v) is 9.52. The molecule has 2 rings (SSSR count). The Labute approximate surface area is 98.5 Å². The monoisotopic (exact) mass is 235 g/mol. The van der Waals surface area contributed by atoms with Crippen LogP contribution in [0.5, 0.6) is 0 Å². The molecule has 0 unspecified atom stereocenters. The summed E-state index contributed by atoms with van der Waals surface area (Å²) in [6.07, 6.45) is 2.18. The summed E-state index contributed by atoms with van der Waals surface area (Å²) in [5, 5.41) is 12.8. The van der Waals surface area contributed by atoms with Gasteiger partial charge in [-0.05, 0) is 24.6 Å². The summed E-state index contributed by atoms with van der Waals surface area (Å²) in [4.78, 5) is 8.15. The summed E-state index contributed by atoms with van der Waals surface area (Å²) in [5.41, 5.74) is 0.677. The van der Waals surface area contributed by atoms with E-state index < -0.39 is 0 Å². The number of halogens is 1. The lowest BCUT2D eigenvalue weighted by molar-refractivity contribution is 0.271. The molecule has 1 aromatic heterocycles. The number of benzene rings is 1. The van der Waals surface area contributed by atoms with Crippen molar-refractivity contribution < 1.29 is 9.50 Å². The quantitative estimate of drug-likeness (QED) is 0.850. The van der Waals surface area contributed by atoms with Gasteiger partial charge < -0.3 is 10.4 Å². The normalized spacial score (nSPS) is 12.6. The number of nitrogens with zero attached hydrogens (tertiary/aromatic N) is 2. The Morgan fingerprint density at radius 1 is 1.41 bits per heavy atom. The highest BCUT2D eigenvalue weighted by atomic mass is 19.1. The van der Waals surface area contributed by atoms with Gasteiger partial charge in [-0.3, -0.25) is 0 Å². The van der Waals surface area contributed by atoms with E-state index in [-0.39, 0.29) is 18.5 Å². The van der Waals surface area contributed by atoms with Crippen molar-refractivity contribution >= 4 is 16.7 Å². The predicted molar refractivity (Wildman–Crippen MR) is 64.3 cm³/mol. The summed E-state index contributed by atoms with van der Waals surface area (Å²) < 4.78 is 13.2. The highest BCUT2D eigenvalue weighted by molar-refractivity contribution is 5.88. The third kappa shape index (κ3) is 2.50. The van der Waals surface area contributed by atoms with Gasteiger partial charge in [0.05, 0.1) is 18.2 Å². The van der Waals surface area contributed by atoms with E-state index in [1.807, 2.05) is 6.92 Å². The molecule has 1 heterocycles. The van der Waals surface area contributed by atoms with Gasteiger partial charge in [-0.15, -0.1) is 0 Å². The van der Waals surface area contributed by atoms with Crippen LogP contribution in [0.15, 0.2) is 24.5 Å². The number of nitrogens with one attached hydrogen (secondary N) is 1. The molecule has 1 atom stereocenters. The molecular formula is C12H14FN3O. The fraction of sp³-hybridized carbons (Fsp3) is 0.333. The number of hydrogen-bond acceptors (Lipinski definition) is 4. The molecule has 0 aliphatic carbocycles. The van der Waals surface area contributed by atoms with Crippen molar-refractivity contribution in [2.75, 3.05) is 11.9 Å². The zero-order valence-electron chi connectivity index (χ0n) is 9.52. The number of aliphatic hydroxyl groups is 1. The second-order valence-electron chi connectivity index (χ2n) is 3.82. The summed E-state index contributed by atoms with van der Waals surface area (Å²) in [5.74, 6) is 0.225. The van der Waals surface area contributed by atoms with Crippen molar-refractivity contribution in [3.05, 3.63) is 30.3 Å². The number of aliphatic hydroxyl groups excluding tert-OH is 1. The molecule has 0 aliphatic heterocycles. The molecular weight excluding hydrogens is 221 g/mol. The van der Waals surface area contributed by atoms with Crippen LogP contribution in [0.3, 0.4) is 0 Å². The lowest BCUT2D eigenvalue weighted by Gasteiger charge is -2.15. The van der Waals surface area contributed by atoms with Gasteiger partial charge >= 0.3 is 0 Å². The molecule has 17 heavy (non-hydrogen) atoms. The number of rotatable bonds is 4. The second kappa shape index (κ2) is 5.05. The van der Waals surface area contributed by atoms with E-state index in [1.54, 1.807) is 6.07 Å². The molecule has 1 aromatic carbocycles. The van der Waals surface area contributed by atoms with Crippen LogP contribution in [0.2, 0.25) is 0 Å². The predicted octanol–water partition coefficient (Wildman–Crippen LogP) is 1.95. The van der Waals surface area contributed by atoms with E-state index in [4.69, 9.17) is 5.11 Å². The highest BCUT2D eigenvalue weighted by Gasteiger charge is 2.09. The van der Waals surface area contributed by atoms with E-state index in [1.165, 1.54) is 18.5 Å². The van der Waals surface area contributed by atoms with Gasteiger partial charge in [-0.2, -0.15) is 0 Å². The van der Waals surface area contributed by atoms with Gasteiger partial charge in [0.15, 0.2) is 0 Å². The Morgan fingerprint density at radius 3 is 2.94 bits per heavy atom. The largest absolute Gasteiger partial charge is 0.394 e. The summed E-state index contributed by atoms with van der Waals surface area (Å²) in [7, 11) is 0. The van der Waals surface area contributed by atoms with Gasteiger partial charge in [0.1, 0.15) is 18.0 Å². The first kappa shape index (κ1) is 11.7. The maximum Gasteiger partial charge on any atom is 0.137 e. The summed E-state index contributed by atoms with van der Waals surface area (Å²) in [6, 6.07) is 4.28. The molecule has 0 saturated heterocycles. The van der Waals surface area contributed by atoms with Crippen LogP contribution in [0.1, 0.15) is 13.3 Å². The molecule has 0 fully saturated rings. The van der Waals surface area contributed by atoms with Crippen molar-refractivity contribution in [1.82, 2.24) is 9.97 Å². The van der Waals surface area contributed by atoms with E-state index in [9.17, 15) is 4.39 Å². The average Bonchev–Trinajstić information content (AvgIpc) is 2.36. The molecule has 4 nitrogen and oxygen atoms in total. The minimum atomic E-state index is -0.326. The first-order valence-electron chi connectivity index (χ1n) is 5.52. The van der Waals surface area contributed by atoms with Crippen LogP contribution in [0, 0.1) is 5.82 Å². The van der Waals surface area contributed by atoms with Crippen LogP contribution >= 0.6 is 0 Å². The second-order valence-corrected chi connectivity index (χ2v) is 3.82. The van der Waals surface area contributed by atoms with Gasteiger partial charge in [0.2, 0.25) is 0 Å². The topological polar surface area (TPSA) is 58.0 Å². The molecule has 0 spiro atoms. The summed E-state index contributed by atoms with van der Waals surface area (Å²) >= 11 is 0. The molecule has 0 aliphatic rings. The fourth-order valence-corrected chi connectivity index (χ4v) is 1.61. The Morgan fingerprint density at radius 2 is 2.24 bits per heavy atom. The third-order valence-corrected chi connectivity index (χ3v) is 2.65. The first-order chi connectivity index (χ1) is 8.24. The molecule has 0 bridgehead atoms. The molecule has 90 valence electrons. The lowest BCUT2D eigenvalue weighted by atomic mass is 10.2. The molecule has 5 heteroatoms. The maximum atomic E-state index is 13.2. The SMILES string of the molecule is CC[C@@H](CO)Nc1ncnc2ccc(F)cc12. The van der Waals surface area contributed by atoms with Crippen LogP contribution in [0.4, 0.5) is 10.2 Å². The van der Waals surface area contributed by atoms with Crippen LogP contribution in [0.25, 0.3) is 10.9 Å². The Bertz CT molecular complexity index is 514. The zero-order chi connectivity index (χ0) is 12.3. The Kier molecular flexibility index (Phi) is 3.49.